The molecule has 1 aliphatic rings. The molecule has 1 aliphatic heterocycles. The van der Waals surface area contributed by atoms with Gasteiger partial charge in [-0.1, -0.05) is 20.3 Å². The van der Waals surface area contributed by atoms with E-state index in [1.54, 1.807) is 0 Å². The largest absolute Gasteiger partial charge is 0.314 e. The first-order valence-corrected chi connectivity index (χ1v) is 7.72. The summed E-state index contributed by atoms with van der Waals surface area (Å²) in [5.74, 6) is 1.01. The predicted molar refractivity (Wildman–Crippen MR) is 76.4 cm³/mol. The van der Waals surface area contributed by atoms with Gasteiger partial charge in [-0.15, -0.1) is 0 Å². The molecule has 0 saturated carbocycles. The van der Waals surface area contributed by atoms with E-state index >= 15 is 0 Å². The van der Waals surface area contributed by atoms with Crippen molar-refractivity contribution in [2.24, 2.45) is 5.92 Å². The molecule has 1 fully saturated rings. The van der Waals surface area contributed by atoms with Crippen molar-refractivity contribution in [1.82, 2.24) is 10.2 Å². The molecule has 1 rings (SSSR count). The van der Waals surface area contributed by atoms with Crippen LogP contribution in [0.3, 0.4) is 0 Å². The van der Waals surface area contributed by atoms with Gasteiger partial charge in [0.1, 0.15) is 0 Å². The molecule has 0 spiro atoms. The van der Waals surface area contributed by atoms with Gasteiger partial charge in [-0.05, 0) is 71.1 Å². The summed E-state index contributed by atoms with van der Waals surface area (Å²) in [6.45, 7) is 12.1. The SMILES string of the molecule is CCCNC(C)CCCN1CCC(CC)CC1. The van der Waals surface area contributed by atoms with Crippen LogP contribution in [0.15, 0.2) is 0 Å². The van der Waals surface area contributed by atoms with Gasteiger partial charge < -0.3 is 10.2 Å². The molecule has 0 radical (unpaired) electrons. The van der Waals surface area contributed by atoms with Gasteiger partial charge in [0.05, 0.1) is 0 Å². The van der Waals surface area contributed by atoms with E-state index in [0.717, 1.165) is 5.92 Å². The zero-order chi connectivity index (χ0) is 12.5. The van der Waals surface area contributed by atoms with Crippen LogP contribution in [-0.2, 0) is 0 Å². The van der Waals surface area contributed by atoms with Gasteiger partial charge in [0.25, 0.3) is 0 Å². The number of piperidine rings is 1. The van der Waals surface area contributed by atoms with Crippen molar-refractivity contribution in [3.05, 3.63) is 0 Å². The Kier molecular flexibility index (Phi) is 7.87. The summed E-state index contributed by atoms with van der Waals surface area (Å²) in [5, 5.41) is 3.57. The molecule has 2 nitrogen and oxygen atoms in total. The maximum absolute atomic E-state index is 3.57. The van der Waals surface area contributed by atoms with E-state index in [1.165, 1.54) is 64.7 Å². The lowest BCUT2D eigenvalue weighted by molar-refractivity contribution is 0.177. The van der Waals surface area contributed by atoms with Crippen molar-refractivity contribution in [2.45, 2.75) is 65.3 Å². The highest BCUT2D eigenvalue weighted by Crippen LogP contribution is 2.20. The fourth-order valence-electron chi connectivity index (χ4n) is 2.73. The second-order valence-electron chi connectivity index (χ2n) is 5.69. The Hall–Kier alpha value is -0.0800. The lowest BCUT2D eigenvalue weighted by atomic mass is 9.94. The first-order chi connectivity index (χ1) is 8.26. The molecule has 0 bridgehead atoms. The average molecular weight is 240 g/mol. The van der Waals surface area contributed by atoms with E-state index in [2.05, 4.69) is 31.0 Å². The fraction of sp³-hybridized carbons (Fsp3) is 1.00. The Balaban J connectivity index is 1.99. The van der Waals surface area contributed by atoms with Crippen LogP contribution in [0.4, 0.5) is 0 Å². The van der Waals surface area contributed by atoms with E-state index in [4.69, 9.17) is 0 Å². The zero-order valence-electron chi connectivity index (χ0n) is 12.2. The van der Waals surface area contributed by atoms with Crippen LogP contribution in [-0.4, -0.2) is 37.1 Å². The van der Waals surface area contributed by atoms with Crippen LogP contribution >= 0.6 is 0 Å². The van der Waals surface area contributed by atoms with Crippen molar-refractivity contribution in [2.75, 3.05) is 26.2 Å². The van der Waals surface area contributed by atoms with Crippen LogP contribution in [0.1, 0.15) is 59.3 Å². The molecule has 1 unspecified atom stereocenters. The van der Waals surface area contributed by atoms with Gasteiger partial charge >= 0.3 is 0 Å². The van der Waals surface area contributed by atoms with Gasteiger partial charge in [-0.2, -0.15) is 0 Å². The molecule has 0 aromatic carbocycles. The van der Waals surface area contributed by atoms with E-state index in [0.29, 0.717) is 6.04 Å². The van der Waals surface area contributed by atoms with Crippen molar-refractivity contribution < 1.29 is 0 Å². The van der Waals surface area contributed by atoms with Gasteiger partial charge in [-0.25, -0.2) is 0 Å². The van der Waals surface area contributed by atoms with Gasteiger partial charge in [0, 0.05) is 6.04 Å². The second-order valence-corrected chi connectivity index (χ2v) is 5.69. The van der Waals surface area contributed by atoms with Crippen molar-refractivity contribution >= 4 is 0 Å². The maximum Gasteiger partial charge on any atom is 0.00391 e. The minimum atomic E-state index is 0.697. The summed E-state index contributed by atoms with van der Waals surface area (Å²) in [5.41, 5.74) is 0. The Morgan fingerprint density at radius 2 is 1.94 bits per heavy atom. The van der Waals surface area contributed by atoms with Gasteiger partial charge in [0.15, 0.2) is 0 Å². The molecular weight excluding hydrogens is 208 g/mol. The third kappa shape index (κ3) is 6.42. The summed E-state index contributed by atoms with van der Waals surface area (Å²) in [7, 11) is 0. The summed E-state index contributed by atoms with van der Waals surface area (Å²) >= 11 is 0. The van der Waals surface area contributed by atoms with Crippen LogP contribution in [0.25, 0.3) is 0 Å². The summed E-state index contributed by atoms with van der Waals surface area (Å²) in [6.07, 6.45) is 8.17. The molecular formula is C15H32N2. The third-order valence-electron chi connectivity index (χ3n) is 4.14. The van der Waals surface area contributed by atoms with E-state index in [9.17, 15) is 0 Å². The summed E-state index contributed by atoms with van der Waals surface area (Å²) < 4.78 is 0. The number of nitrogens with one attached hydrogen (secondary N) is 1. The van der Waals surface area contributed by atoms with Crippen molar-refractivity contribution in [3.63, 3.8) is 0 Å². The van der Waals surface area contributed by atoms with Gasteiger partial charge in [-0.3, -0.25) is 0 Å². The molecule has 0 aliphatic carbocycles. The Bertz CT molecular complexity index is 174. The number of nitrogens with zero attached hydrogens (tertiary/aromatic N) is 1. The monoisotopic (exact) mass is 240 g/mol. The molecule has 102 valence electrons. The summed E-state index contributed by atoms with van der Waals surface area (Å²) in [4.78, 5) is 2.67. The van der Waals surface area contributed by atoms with E-state index in [-0.39, 0.29) is 0 Å². The predicted octanol–water partition coefficient (Wildman–Crippen LogP) is 3.28. The van der Waals surface area contributed by atoms with Crippen LogP contribution in [0.5, 0.6) is 0 Å². The number of hydrogen-bond donors (Lipinski definition) is 1. The Morgan fingerprint density at radius 1 is 1.24 bits per heavy atom. The minimum absolute atomic E-state index is 0.697. The molecule has 1 N–H and O–H groups in total. The first kappa shape index (κ1) is 15.0. The summed E-state index contributed by atoms with van der Waals surface area (Å²) in [6, 6.07) is 0.697. The van der Waals surface area contributed by atoms with E-state index < -0.39 is 0 Å². The molecule has 17 heavy (non-hydrogen) atoms. The maximum atomic E-state index is 3.57. The van der Waals surface area contributed by atoms with Crippen molar-refractivity contribution in [1.29, 1.82) is 0 Å². The first-order valence-electron chi connectivity index (χ1n) is 7.72. The minimum Gasteiger partial charge on any atom is -0.314 e. The zero-order valence-corrected chi connectivity index (χ0v) is 12.2. The van der Waals surface area contributed by atoms with Crippen molar-refractivity contribution in [3.8, 4) is 0 Å². The molecule has 1 atom stereocenters. The molecule has 0 aromatic rings. The third-order valence-corrected chi connectivity index (χ3v) is 4.14. The topological polar surface area (TPSA) is 15.3 Å². The molecule has 0 aromatic heterocycles. The molecule has 0 amide bonds. The number of hydrogen-bond acceptors (Lipinski definition) is 2. The normalized spacial score (nSPS) is 20.6. The lowest BCUT2D eigenvalue weighted by Crippen LogP contribution is -2.35. The van der Waals surface area contributed by atoms with Crippen LogP contribution < -0.4 is 5.32 Å². The van der Waals surface area contributed by atoms with Crippen LogP contribution in [0, 0.1) is 5.92 Å². The quantitative estimate of drug-likeness (QED) is 0.700. The number of likely N-dealkylation sites (tertiary alicyclic amines) is 1. The highest BCUT2D eigenvalue weighted by atomic mass is 15.1. The smallest absolute Gasteiger partial charge is 0.00391 e. The standard InChI is InChI=1S/C15H32N2/c1-4-10-16-14(3)7-6-11-17-12-8-15(5-2)9-13-17/h14-16H,4-13H2,1-3H3. The second kappa shape index (κ2) is 8.93. The Labute approximate surface area is 108 Å². The average Bonchev–Trinajstić information content (AvgIpc) is 2.37. The fourth-order valence-corrected chi connectivity index (χ4v) is 2.73. The lowest BCUT2D eigenvalue weighted by Gasteiger charge is -2.31. The molecule has 1 heterocycles. The van der Waals surface area contributed by atoms with Gasteiger partial charge in [0.2, 0.25) is 0 Å². The number of rotatable bonds is 8. The molecule has 1 saturated heterocycles. The Morgan fingerprint density at radius 3 is 2.53 bits per heavy atom. The van der Waals surface area contributed by atoms with Crippen LogP contribution in [0.2, 0.25) is 0 Å². The highest BCUT2D eigenvalue weighted by molar-refractivity contribution is 4.72. The van der Waals surface area contributed by atoms with E-state index in [1.807, 2.05) is 0 Å². The highest BCUT2D eigenvalue weighted by Gasteiger charge is 2.17. The molecule has 2 heteroatoms.